The number of piperazine rings is 1. The van der Waals surface area contributed by atoms with Crippen molar-refractivity contribution in [2.24, 2.45) is 0 Å². The maximum absolute atomic E-state index is 12.5. The third-order valence-electron chi connectivity index (χ3n) is 5.65. The van der Waals surface area contributed by atoms with Crippen LogP contribution in [0.1, 0.15) is 35.2 Å². The van der Waals surface area contributed by atoms with Crippen molar-refractivity contribution >= 4 is 23.6 Å². The number of hydrogen-bond acceptors (Lipinski definition) is 6. The Morgan fingerprint density at radius 3 is 2.12 bits per heavy atom. The van der Waals surface area contributed by atoms with E-state index < -0.39 is 18.1 Å². The highest BCUT2D eigenvalue weighted by Gasteiger charge is 2.38. The molecule has 188 valence electrons. The first kappa shape index (κ1) is 27.3. The fourth-order valence-electron chi connectivity index (χ4n) is 3.75. The number of carboxylic acid groups (broad SMARTS) is 2. The van der Waals surface area contributed by atoms with E-state index in [4.69, 9.17) is 15.0 Å². The number of alkyl halides is 3. The van der Waals surface area contributed by atoms with Crippen molar-refractivity contribution in [3.8, 4) is 0 Å². The molecule has 2 saturated heterocycles. The van der Waals surface area contributed by atoms with Crippen molar-refractivity contribution in [3.63, 3.8) is 0 Å². The number of benzene rings is 1. The summed E-state index contributed by atoms with van der Waals surface area (Å²) in [6, 6.07) is 7.47. The van der Waals surface area contributed by atoms with Crippen LogP contribution < -0.4 is 5.32 Å². The van der Waals surface area contributed by atoms with Gasteiger partial charge in [0.2, 0.25) is 5.91 Å². The van der Waals surface area contributed by atoms with Crippen LogP contribution in [0.2, 0.25) is 0 Å². The minimum atomic E-state index is -5.08. The summed E-state index contributed by atoms with van der Waals surface area (Å²) in [5, 5.41) is 19.2. The topological polar surface area (TPSA) is 127 Å². The molecule has 2 fully saturated rings. The van der Waals surface area contributed by atoms with E-state index in [2.05, 4.69) is 10.2 Å². The number of ketones is 1. The Morgan fingerprint density at radius 2 is 1.62 bits per heavy atom. The number of hydrogen-bond donors (Lipinski definition) is 3. The second-order valence-corrected chi connectivity index (χ2v) is 8.08. The van der Waals surface area contributed by atoms with Crippen molar-refractivity contribution in [3.05, 3.63) is 35.4 Å². The van der Waals surface area contributed by atoms with Crippen LogP contribution in [-0.4, -0.2) is 95.1 Å². The quantitative estimate of drug-likeness (QED) is 0.493. The number of carboxylic acids is 2. The molecular weight excluding hydrogens is 459 g/mol. The predicted octanol–water partition coefficient (Wildman–Crippen LogP) is 1.42. The molecule has 2 aliphatic rings. The molecule has 0 saturated carbocycles. The number of halogens is 3. The van der Waals surface area contributed by atoms with Gasteiger partial charge < -0.3 is 20.4 Å². The third-order valence-corrected chi connectivity index (χ3v) is 5.65. The molecule has 3 N–H and O–H groups in total. The molecule has 0 spiro atoms. The Kier molecular flexibility index (Phi) is 9.99. The highest BCUT2D eigenvalue weighted by molar-refractivity contribution is 5.99. The highest BCUT2D eigenvalue weighted by Crippen LogP contribution is 2.16. The van der Waals surface area contributed by atoms with E-state index in [9.17, 15) is 27.6 Å². The van der Waals surface area contributed by atoms with Gasteiger partial charge >= 0.3 is 18.1 Å². The zero-order valence-corrected chi connectivity index (χ0v) is 18.5. The summed E-state index contributed by atoms with van der Waals surface area (Å²) >= 11 is 0. The molecule has 2 aliphatic heterocycles. The zero-order chi connectivity index (χ0) is 25.3. The van der Waals surface area contributed by atoms with Gasteiger partial charge in [-0.2, -0.15) is 13.2 Å². The molecule has 34 heavy (non-hydrogen) atoms. The van der Waals surface area contributed by atoms with E-state index in [1.807, 2.05) is 0 Å². The van der Waals surface area contributed by atoms with Crippen LogP contribution in [0, 0.1) is 0 Å². The summed E-state index contributed by atoms with van der Waals surface area (Å²) in [6.45, 7) is 3.91. The zero-order valence-electron chi connectivity index (χ0n) is 18.5. The van der Waals surface area contributed by atoms with Crippen molar-refractivity contribution in [2.45, 2.75) is 37.9 Å². The average molecular weight is 487 g/mol. The fraction of sp³-hybridized carbons (Fsp3) is 0.545. The molecule has 12 heteroatoms. The second-order valence-electron chi connectivity index (χ2n) is 8.08. The Bertz CT molecular complexity index is 870. The summed E-state index contributed by atoms with van der Waals surface area (Å²) in [7, 11) is 0. The number of nitrogens with one attached hydrogen (secondary N) is 1. The lowest BCUT2D eigenvalue weighted by Crippen LogP contribution is -2.56. The number of aryl methyl sites for hydroxylation is 1. The van der Waals surface area contributed by atoms with Gasteiger partial charge in [0.25, 0.3) is 0 Å². The molecule has 0 aromatic heterocycles. The summed E-state index contributed by atoms with van der Waals surface area (Å²) in [5.74, 6) is -3.65. The lowest BCUT2D eigenvalue weighted by Gasteiger charge is -2.40. The Hall–Kier alpha value is -2.99. The molecule has 1 aromatic carbocycles. The second kappa shape index (κ2) is 12.5. The number of carbonyl (C=O) groups excluding carboxylic acids is 2. The molecule has 0 bridgehead atoms. The van der Waals surface area contributed by atoms with Crippen LogP contribution >= 0.6 is 0 Å². The number of Topliss-reactive ketones (excluding diaryl/α,β-unsaturated/α-hetero) is 1. The lowest BCUT2D eigenvalue weighted by molar-refractivity contribution is -0.192. The van der Waals surface area contributed by atoms with E-state index in [0.29, 0.717) is 31.1 Å². The molecule has 1 amide bonds. The number of piperidine rings is 1. The number of nitrogens with zero attached hydrogens (tertiary/aromatic N) is 2. The normalized spacial score (nSPS) is 17.6. The largest absolute Gasteiger partial charge is 0.490 e. The van der Waals surface area contributed by atoms with Gasteiger partial charge in [-0.3, -0.25) is 19.3 Å². The minimum Gasteiger partial charge on any atom is -0.481 e. The van der Waals surface area contributed by atoms with Crippen molar-refractivity contribution < 1.29 is 42.6 Å². The molecule has 1 aromatic rings. The van der Waals surface area contributed by atoms with Gasteiger partial charge in [-0.15, -0.1) is 0 Å². The maximum atomic E-state index is 12.5. The number of aliphatic carboxylic acids is 2. The standard InChI is InChI=1S/C20H27N3O4.C2HF3O2/c24-18(16-4-1-15(2-5-16)3-6-20(26)27)13-23-12-11-22(14-19(23)25)17-7-9-21-10-8-17;3-2(4,5)1(6)7/h1-2,4-5,17,21H,3,6-14H2,(H,26,27);(H,6,7). The first-order chi connectivity index (χ1) is 16.0. The first-order valence-corrected chi connectivity index (χ1v) is 10.8. The van der Waals surface area contributed by atoms with Gasteiger partial charge in [0.15, 0.2) is 5.78 Å². The van der Waals surface area contributed by atoms with Crippen LogP contribution in [0.3, 0.4) is 0 Å². The molecule has 2 heterocycles. The van der Waals surface area contributed by atoms with Gasteiger partial charge in [0.1, 0.15) is 0 Å². The predicted molar refractivity (Wildman–Crippen MR) is 114 cm³/mol. The number of carbonyl (C=O) groups is 4. The molecule has 0 unspecified atom stereocenters. The van der Waals surface area contributed by atoms with E-state index in [1.54, 1.807) is 29.2 Å². The van der Waals surface area contributed by atoms with Gasteiger partial charge in [0, 0.05) is 31.1 Å². The van der Waals surface area contributed by atoms with Gasteiger partial charge in [-0.1, -0.05) is 24.3 Å². The Balaban J connectivity index is 0.000000509. The summed E-state index contributed by atoms with van der Waals surface area (Å²) < 4.78 is 31.7. The lowest BCUT2D eigenvalue weighted by atomic mass is 10.0. The monoisotopic (exact) mass is 487 g/mol. The molecule has 0 aliphatic carbocycles. The minimum absolute atomic E-state index is 0.0196. The Labute approximate surface area is 194 Å². The maximum Gasteiger partial charge on any atom is 0.490 e. The van der Waals surface area contributed by atoms with Crippen molar-refractivity contribution in [1.82, 2.24) is 15.1 Å². The highest BCUT2D eigenvalue weighted by atomic mass is 19.4. The molecule has 0 atom stereocenters. The molecule has 0 radical (unpaired) electrons. The SMILES string of the molecule is O=C(O)C(F)(F)F.O=C(O)CCc1ccc(C(=O)CN2CCN(C3CCNCC3)CC2=O)cc1. The van der Waals surface area contributed by atoms with Crippen molar-refractivity contribution in [1.29, 1.82) is 0 Å². The fourth-order valence-corrected chi connectivity index (χ4v) is 3.75. The van der Waals surface area contributed by atoms with Gasteiger partial charge in [-0.25, -0.2) is 4.79 Å². The smallest absolute Gasteiger partial charge is 0.481 e. The van der Waals surface area contributed by atoms with E-state index >= 15 is 0 Å². The van der Waals surface area contributed by atoms with E-state index in [-0.39, 0.29) is 24.7 Å². The van der Waals surface area contributed by atoms with Crippen LogP contribution in [0.15, 0.2) is 24.3 Å². The van der Waals surface area contributed by atoms with Crippen molar-refractivity contribution in [2.75, 3.05) is 39.3 Å². The van der Waals surface area contributed by atoms with E-state index in [1.165, 1.54) is 0 Å². The first-order valence-electron chi connectivity index (χ1n) is 10.8. The van der Waals surface area contributed by atoms with Crippen LogP contribution in [0.25, 0.3) is 0 Å². The molecular formula is C22H28F3N3O6. The van der Waals surface area contributed by atoms with Crippen LogP contribution in [0.5, 0.6) is 0 Å². The third kappa shape index (κ3) is 8.75. The summed E-state index contributed by atoms with van der Waals surface area (Å²) in [5.41, 5.74) is 1.45. The van der Waals surface area contributed by atoms with Crippen LogP contribution in [0.4, 0.5) is 13.2 Å². The summed E-state index contributed by atoms with van der Waals surface area (Å²) in [6.07, 6.45) is -2.43. The van der Waals surface area contributed by atoms with Crippen LogP contribution in [-0.2, 0) is 20.8 Å². The van der Waals surface area contributed by atoms with E-state index in [0.717, 1.165) is 38.0 Å². The number of amides is 1. The average Bonchev–Trinajstić information content (AvgIpc) is 2.79. The Morgan fingerprint density at radius 1 is 1.03 bits per heavy atom. The summed E-state index contributed by atoms with van der Waals surface area (Å²) in [4.78, 5) is 48.4. The molecule has 9 nitrogen and oxygen atoms in total. The van der Waals surface area contributed by atoms with Gasteiger partial charge in [0.05, 0.1) is 13.1 Å². The molecule has 3 rings (SSSR count). The number of rotatable bonds is 7. The van der Waals surface area contributed by atoms with Gasteiger partial charge in [-0.05, 0) is 37.9 Å².